The number of benzene rings is 2. The summed E-state index contributed by atoms with van der Waals surface area (Å²) in [5, 5.41) is 6.03. The van der Waals surface area contributed by atoms with E-state index in [4.69, 9.17) is 17.3 Å². The Labute approximate surface area is 161 Å². The average molecular weight is 387 g/mol. The van der Waals surface area contributed by atoms with Crippen LogP contribution in [0.25, 0.3) is 0 Å². The normalized spacial score (nSPS) is 16.1. The van der Waals surface area contributed by atoms with Crippen LogP contribution in [0.2, 0.25) is 5.02 Å². The summed E-state index contributed by atoms with van der Waals surface area (Å²) >= 11 is 6.03. The monoisotopic (exact) mass is 386 g/mol. The zero-order chi connectivity index (χ0) is 19.6. The molecule has 0 bridgehead atoms. The standard InChI is InChI=1S/C19H19ClN4O3/c1-11-8-17(25)23-15-4-2-3-5-16(15)24(11)18(26)10-22-12-6-7-13(19(21)27)14(20)9-12/h2-7,9,11,22H,8,10H2,1H3,(H2,21,27)(H,23,25). The van der Waals surface area contributed by atoms with E-state index in [2.05, 4.69) is 10.6 Å². The minimum atomic E-state index is -0.616. The van der Waals surface area contributed by atoms with E-state index in [0.29, 0.717) is 17.1 Å². The number of nitrogens with zero attached hydrogens (tertiary/aromatic N) is 1. The van der Waals surface area contributed by atoms with Gasteiger partial charge in [0.1, 0.15) is 0 Å². The van der Waals surface area contributed by atoms with Crippen LogP contribution in [-0.2, 0) is 9.59 Å². The number of fused-ring (bicyclic) bond motifs is 1. The number of hydrogen-bond donors (Lipinski definition) is 3. The fraction of sp³-hybridized carbons (Fsp3) is 0.211. The molecule has 1 aliphatic rings. The smallest absolute Gasteiger partial charge is 0.250 e. The number of carbonyl (C=O) groups excluding carboxylic acids is 3. The van der Waals surface area contributed by atoms with E-state index < -0.39 is 5.91 Å². The Kier molecular flexibility index (Phi) is 5.32. The second kappa shape index (κ2) is 7.67. The fourth-order valence-corrected chi connectivity index (χ4v) is 3.33. The highest BCUT2D eigenvalue weighted by Crippen LogP contribution is 2.31. The molecule has 0 aliphatic carbocycles. The Bertz CT molecular complexity index is 916. The lowest BCUT2D eigenvalue weighted by Crippen LogP contribution is -2.42. The molecule has 27 heavy (non-hydrogen) atoms. The first-order chi connectivity index (χ1) is 12.9. The maximum Gasteiger partial charge on any atom is 0.250 e. The maximum atomic E-state index is 12.9. The van der Waals surface area contributed by atoms with Gasteiger partial charge in [0.25, 0.3) is 0 Å². The van der Waals surface area contributed by atoms with Crippen LogP contribution in [0, 0.1) is 0 Å². The molecule has 7 nitrogen and oxygen atoms in total. The molecule has 1 aliphatic heterocycles. The van der Waals surface area contributed by atoms with Gasteiger partial charge in [-0.25, -0.2) is 0 Å². The predicted octanol–water partition coefficient (Wildman–Crippen LogP) is 2.61. The van der Waals surface area contributed by atoms with Crippen molar-refractivity contribution >= 4 is 46.4 Å². The Morgan fingerprint density at radius 3 is 2.74 bits per heavy atom. The Morgan fingerprint density at radius 1 is 1.30 bits per heavy atom. The van der Waals surface area contributed by atoms with Crippen LogP contribution in [0.5, 0.6) is 0 Å². The fourth-order valence-electron chi connectivity index (χ4n) is 3.06. The van der Waals surface area contributed by atoms with Crippen molar-refractivity contribution in [1.82, 2.24) is 0 Å². The summed E-state index contributed by atoms with van der Waals surface area (Å²) in [6.07, 6.45) is 0.208. The Hall–Kier alpha value is -3.06. The van der Waals surface area contributed by atoms with Gasteiger partial charge in [-0.05, 0) is 37.3 Å². The summed E-state index contributed by atoms with van der Waals surface area (Å²) < 4.78 is 0. The van der Waals surface area contributed by atoms with Crippen molar-refractivity contribution in [2.24, 2.45) is 5.73 Å². The quantitative estimate of drug-likeness (QED) is 0.751. The van der Waals surface area contributed by atoms with Gasteiger partial charge in [-0.3, -0.25) is 14.4 Å². The summed E-state index contributed by atoms with van der Waals surface area (Å²) in [6, 6.07) is 11.6. The van der Waals surface area contributed by atoms with Gasteiger partial charge in [0.15, 0.2) is 0 Å². The van der Waals surface area contributed by atoms with Crippen molar-refractivity contribution in [3.05, 3.63) is 53.1 Å². The topological polar surface area (TPSA) is 105 Å². The van der Waals surface area contributed by atoms with E-state index in [9.17, 15) is 14.4 Å². The SMILES string of the molecule is CC1CC(=O)Nc2ccccc2N1C(=O)CNc1ccc(C(N)=O)c(Cl)c1. The van der Waals surface area contributed by atoms with Crippen LogP contribution >= 0.6 is 11.6 Å². The number of carbonyl (C=O) groups is 3. The minimum absolute atomic E-state index is 0.000881. The third kappa shape index (κ3) is 4.03. The highest BCUT2D eigenvalue weighted by Gasteiger charge is 2.29. The van der Waals surface area contributed by atoms with Gasteiger partial charge in [-0.15, -0.1) is 0 Å². The van der Waals surface area contributed by atoms with E-state index in [1.807, 2.05) is 13.0 Å². The summed E-state index contributed by atoms with van der Waals surface area (Å²) in [6.45, 7) is 1.83. The molecule has 2 aromatic carbocycles. The van der Waals surface area contributed by atoms with Crippen LogP contribution < -0.4 is 21.3 Å². The van der Waals surface area contributed by atoms with Crippen LogP contribution in [0.3, 0.4) is 0 Å². The minimum Gasteiger partial charge on any atom is -0.376 e. The second-order valence-electron chi connectivity index (χ2n) is 6.29. The molecule has 3 amide bonds. The molecule has 3 rings (SSSR count). The van der Waals surface area contributed by atoms with E-state index in [-0.39, 0.29) is 41.4 Å². The highest BCUT2D eigenvalue weighted by atomic mass is 35.5. The third-order valence-corrected chi connectivity index (χ3v) is 4.62. The largest absolute Gasteiger partial charge is 0.376 e. The van der Waals surface area contributed by atoms with Gasteiger partial charge in [-0.2, -0.15) is 0 Å². The Balaban J connectivity index is 1.78. The molecule has 0 radical (unpaired) electrons. The van der Waals surface area contributed by atoms with Crippen molar-refractivity contribution in [2.45, 2.75) is 19.4 Å². The van der Waals surface area contributed by atoms with Crippen LogP contribution in [0.1, 0.15) is 23.7 Å². The number of para-hydroxylation sites is 2. The van der Waals surface area contributed by atoms with Gasteiger partial charge < -0.3 is 21.3 Å². The predicted molar refractivity (Wildman–Crippen MR) is 105 cm³/mol. The molecular formula is C19H19ClN4O3. The third-order valence-electron chi connectivity index (χ3n) is 4.31. The maximum absolute atomic E-state index is 12.9. The number of anilines is 3. The number of hydrogen-bond acceptors (Lipinski definition) is 4. The molecule has 1 atom stereocenters. The summed E-state index contributed by atoms with van der Waals surface area (Å²) in [7, 11) is 0. The summed E-state index contributed by atoms with van der Waals surface area (Å²) in [4.78, 5) is 37.7. The number of rotatable bonds is 4. The van der Waals surface area contributed by atoms with Gasteiger partial charge in [0, 0.05) is 18.2 Å². The molecule has 2 aromatic rings. The van der Waals surface area contributed by atoms with E-state index in [1.165, 1.54) is 6.07 Å². The van der Waals surface area contributed by atoms with E-state index in [0.717, 1.165) is 0 Å². The van der Waals surface area contributed by atoms with Gasteiger partial charge in [0.2, 0.25) is 17.7 Å². The number of amides is 3. The van der Waals surface area contributed by atoms with Gasteiger partial charge in [0.05, 0.1) is 28.5 Å². The van der Waals surface area contributed by atoms with E-state index >= 15 is 0 Å². The second-order valence-corrected chi connectivity index (χ2v) is 6.70. The van der Waals surface area contributed by atoms with Crippen molar-refractivity contribution < 1.29 is 14.4 Å². The zero-order valence-corrected chi connectivity index (χ0v) is 15.4. The lowest BCUT2D eigenvalue weighted by molar-refractivity contribution is -0.118. The van der Waals surface area contributed by atoms with Gasteiger partial charge >= 0.3 is 0 Å². The molecule has 140 valence electrons. The Morgan fingerprint density at radius 2 is 2.04 bits per heavy atom. The van der Waals surface area contributed by atoms with Crippen molar-refractivity contribution in [3.63, 3.8) is 0 Å². The lowest BCUT2D eigenvalue weighted by atomic mass is 10.1. The number of halogens is 1. The zero-order valence-electron chi connectivity index (χ0n) is 14.7. The molecule has 8 heteroatoms. The number of primary amides is 1. The molecule has 1 heterocycles. The molecule has 0 saturated carbocycles. The first-order valence-electron chi connectivity index (χ1n) is 8.41. The average Bonchev–Trinajstić information content (AvgIpc) is 2.73. The van der Waals surface area contributed by atoms with Crippen molar-refractivity contribution in [3.8, 4) is 0 Å². The molecule has 1 unspecified atom stereocenters. The summed E-state index contributed by atoms with van der Waals surface area (Å²) in [5.41, 5.74) is 7.30. The summed E-state index contributed by atoms with van der Waals surface area (Å²) in [5.74, 6) is -0.941. The highest BCUT2D eigenvalue weighted by molar-refractivity contribution is 6.34. The molecular weight excluding hydrogens is 368 g/mol. The van der Waals surface area contributed by atoms with Gasteiger partial charge in [-0.1, -0.05) is 23.7 Å². The van der Waals surface area contributed by atoms with Crippen LogP contribution in [0.15, 0.2) is 42.5 Å². The lowest BCUT2D eigenvalue weighted by Gasteiger charge is -2.28. The molecule has 0 spiro atoms. The van der Waals surface area contributed by atoms with Crippen LogP contribution in [-0.4, -0.2) is 30.3 Å². The molecule has 4 N–H and O–H groups in total. The molecule has 0 saturated heterocycles. The first kappa shape index (κ1) is 18.7. The first-order valence-corrected chi connectivity index (χ1v) is 8.79. The van der Waals surface area contributed by atoms with Crippen LogP contribution in [0.4, 0.5) is 17.1 Å². The number of nitrogens with one attached hydrogen (secondary N) is 2. The molecule has 0 fully saturated rings. The molecule has 0 aromatic heterocycles. The van der Waals surface area contributed by atoms with Crippen molar-refractivity contribution in [1.29, 1.82) is 0 Å². The number of nitrogens with two attached hydrogens (primary N) is 1. The van der Waals surface area contributed by atoms with Crippen molar-refractivity contribution in [2.75, 3.05) is 22.1 Å². The van der Waals surface area contributed by atoms with E-state index in [1.54, 1.807) is 35.2 Å².